The molecule has 0 aliphatic carbocycles. The van der Waals surface area contributed by atoms with E-state index in [1.807, 2.05) is 27.7 Å². The van der Waals surface area contributed by atoms with Crippen LogP contribution >= 0.6 is 25.3 Å². The van der Waals surface area contributed by atoms with Crippen molar-refractivity contribution in [1.82, 2.24) is 10.1 Å². The van der Waals surface area contributed by atoms with Crippen LogP contribution in [-0.4, -0.2) is 26.9 Å². The summed E-state index contributed by atoms with van der Waals surface area (Å²) < 4.78 is 10.3. The standard InChI is InChI=1S/C14H24N2O3S2/c1-8(2)12(20)16(13(21)9(3)4)14(17)18-7-11-6-10(5)19-15-11/h6,8-9,12-13,20-21H,7H2,1-5H3. The summed E-state index contributed by atoms with van der Waals surface area (Å²) in [7, 11) is 0. The van der Waals surface area contributed by atoms with Gasteiger partial charge in [0.2, 0.25) is 0 Å². The first-order chi connectivity index (χ1) is 9.73. The van der Waals surface area contributed by atoms with E-state index >= 15 is 0 Å². The van der Waals surface area contributed by atoms with Crippen molar-refractivity contribution in [3.63, 3.8) is 0 Å². The minimum absolute atomic E-state index is 0.0733. The largest absolute Gasteiger partial charge is 0.443 e. The first-order valence-electron chi connectivity index (χ1n) is 6.97. The smallest absolute Gasteiger partial charge is 0.411 e. The topological polar surface area (TPSA) is 55.6 Å². The zero-order chi connectivity index (χ0) is 16.2. The van der Waals surface area contributed by atoms with E-state index in [-0.39, 0.29) is 29.2 Å². The summed E-state index contributed by atoms with van der Waals surface area (Å²) in [5, 5.41) is 3.27. The molecule has 0 bridgehead atoms. The zero-order valence-corrected chi connectivity index (χ0v) is 14.9. The lowest BCUT2D eigenvalue weighted by atomic mass is 10.1. The molecule has 120 valence electrons. The number of aromatic nitrogens is 1. The minimum Gasteiger partial charge on any atom is -0.443 e. The molecule has 0 spiro atoms. The van der Waals surface area contributed by atoms with Crippen molar-refractivity contribution < 1.29 is 14.1 Å². The van der Waals surface area contributed by atoms with Crippen molar-refractivity contribution in [2.45, 2.75) is 52.0 Å². The number of carbonyl (C=O) groups excluding carboxylic acids is 1. The second kappa shape index (κ2) is 7.98. The second-order valence-electron chi connectivity index (χ2n) is 5.71. The summed E-state index contributed by atoms with van der Waals surface area (Å²) in [4.78, 5) is 13.9. The van der Waals surface area contributed by atoms with Crippen LogP contribution < -0.4 is 0 Å². The van der Waals surface area contributed by atoms with Crippen LogP contribution in [-0.2, 0) is 11.3 Å². The molecule has 0 saturated carbocycles. The van der Waals surface area contributed by atoms with Crippen molar-refractivity contribution in [3.8, 4) is 0 Å². The lowest BCUT2D eigenvalue weighted by Crippen LogP contribution is -2.47. The molecule has 1 aromatic heterocycles. The minimum atomic E-state index is -0.446. The van der Waals surface area contributed by atoms with Crippen molar-refractivity contribution in [2.75, 3.05) is 0 Å². The molecule has 5 nitrogen and oxygen atoms in total. The summed E-state index contributed by atoms with van der Waals surface area (Å²) >= 11 is 9.04. The van der Waals surface area contributed by atoms with Crippen LogP contribution in [0.5, 0.6) is 0 Å². The summed E-state index contributed by atoms with van der Waals surface area (Å²) in [6.45, 7) is 9.86. The first kappa shape index (κ1) is 18.2. The Bertz CT molecular complexity index is 449. The van der Waals surface area contributed by atoms with E-state index in [0.29, 0.717) is 11.5 Å². The lowest BCUT2D eigenvalue weighted by Gasteiger charge is -2.36. The Balaban J connectivity index is 2.75. The number of thiol groups is 2. The molecule has 7 heteroatoms. The van der Waals surface area contributed by atoms with Gasteiger partial charge in [-0.1, -0.05) is 32.9 Å². The van der Waals surface area contributed by atoms with Crippen molar-refractivity contribution in [2.24, 2.45) is 11.8 Å². The van der Waals surface area contributed by atoms with E-state index in [0.717, 1.165) is 0 Å². The van der Waals surface area contributed by atoms with Gasteiger partial charge in [-0.05, 0) is 18.8 Å². The highest BCUT2D eigenvalue weighted by atomic mass is 32.1. The number of hydrogen-bond acceptors (Lipinski definition) is 6. The maximum Gasteiger partial charge on any atom is 0.411 e. The normalized spacial score (nSPS) is 14.3. The molecule has 0 aliphatic rings. The third kappa shape index (κ3) is 5.14. The third-order valence-corrected chi connectivity index (χ3v) is 4.68. The molecule has 2 unspecified atom stereocenters. The second-order valence-corrected chi connectivity index (χ2v) is 6.76. The molecule has 0 aliphatic heterocycles. The van der Waals surface area contributed by atoms with Crippen molar-refractivity contribution in [3.05, 3.63) is 17.5 Å². The molecule has 1 rings (SSSR count). The van der Waals surface area contributed by atoms with E-state index in [1.165, 1.54) is 0 Å². The fourth-order valence-electron chi connectivity index (χ4n) is 1.71. The Labute approximate surface area is 137 Å². The van der Waals surface area contributed by atoms with E-state index < -0.39 is 6.09 Å². The number of amides is 1. The molecule has 2 atom stereocenters. The number of hydrogen-bond donors (Lipinski definition) is 2. The van der Waals surface area contributed by atoms with Crippen LogP contribution in [0, 0.1) is 18.8 Å². The zero-order valence-electron chi connectivity index (χ0n) is 13.1. The van der Waals surface area contributed by atoms with E-state index in [2.05, 4.69) is 30.4 Å². The predicted octanol–water partition coefficient (Wildman–Crippen LogP) is 3.75. The van der Waals surface area contributed by atoms with Crippen LogP contribution in [0.2, 0.25) is 0 Å². The molecule has 1 amide bonds. The number of carbonyl (C=O) groups is 1. The monoisotopic (exact) mass is 332 g/mol. The predicted molar refractivity (Wildman–Crippen MR) is 88.5 cm³/mol. The van der Waals surface area contributed by atoms with Gasteiger partial charge < -0.3 is 9.26 Å². The fraction of sp³-hybridized carbons (Fsp3) is 0.714. The van der Waals surface area contributed by atoms with Gasteiger partial charge in [0, 0.05) is 6.07 Å². The van der Waals surface area contributed by atoms with Crippen molar-refractivity contribution in [1.29, 1.82) is 0 Å². The van der Waals surface area contributed by atoms with Gasteiger partial charge in [-0.15, -0.1) is 0 Å². The molecule has 1 heterocycles. The highest BCUT2D eigenvalue weighted by Gasteiger charge is 2.31. The molecule has 0 N–H and O–H groups in total. The van der Waals surface area contributed by atoms with Gasteiger partial charge in [-0.25, -0.2) is 4.79 Å². The molecule has 0 saturated heterocycles. The molecule has 0 radical (unpaired) electrons. The maximum absolute atomic E-state index is 12.4. The van der Waals surface area contributed by atoms with Gasteiger partial charge in [0.25, 0.3) is 0 Å². The summed E-state index contributed by atoms with van der Waals surface area (Å²) in [6, 6.07) is 1.73. The van der Waals surface area contributed by atoms with Crippen LogP contribution in [0.15, 0.2) is 10.6 Å². The Morgan fingerprint density at radius 3 is 2.19 bits per heavy atom. The van der Waals surface area contributed by atoms with Gasteiger partial charge in [0.1, 0.15) is 18.1 Å². The summed E-state index contributed by atoms with van der Waals surface area (Å²) in [6.07, 6.45) is -0.446. The Hall–Kier alpha value is -0.820. The maximum atomic E-state index is 12.4. The highest BCUT2D eigenvalue weighted by molar-refractivity contribution is 7.81. The van der Waals surface area contributed by atoms with Crippen LogP contribution in [0.25, 0.3) is 0 Å². The number of aryl methyl sites for hydroxylation is 1. The number of nitrogens with zero attached hydrogens (tertiary/aromatic N) is 2. The van der Waals surface area contributed by atoms with Crippen molar-refractivity contribution >= 4 is 31.4 Å². The molecule has 21 heavy (non-hydrogen) atoms. The first-order valence-corrected chi connectivity index (χ1v) is 8.00. The van der Waals surface area contributed by atoms with Crippen LogP contribution in [0.4, 0.5) is 4.79 Å². The lowest BCUT2D eigenvalue weighted by molar-refractivity contribution is 0.0752. The highest BCUT2D eigenvalue weighted by Crippen LogP contribution is 2.25. The molecule has 0 fully saturated rings. The molecule has 1 aromatic rings. The molecule has 0 aromatic carbocycles. The van der Waals surface area contributed by atoms with Gasteiger partial charge in [-0.3, -0.25) is 4.90 Å². The van der Waals surface area contributed by atoms with Gasteiger partial charge in [0.15, 0.2) is 0 Å². The Morgan fingerprint density at radius 2 is 1.81 bits per heavy atom. The quantitative estimate of drug-likeness (QED) is 0.615. The van der Waals surface area contributed by atoms with Crippen LogP contribution in [0.3, 0.4) is 0 Å². The molecular formula is C14H24N2O3S2. The summed E-state index contributed by atoms with van der Waals surface area (Å²) in [5.74, 6) is 1.05. The fourth-order valence-corrected chi connectivity index (χ4v) is 2.29. The van der Waals surface area contributed by atoms with E-state index in [9.17, 15) is 4.79 Å². The number of ether oxygens (including phenoxy) is 1. The average molecular weight is 332 g/mol. The third-order valence-electron chi connectivity index (χ3n) is 2.99. The van der Waals surface area contributed by atoms with E-state index in [1.54, 1.807) is 17.9 Å². The van der Waals surface area contributed by atoms with Gasteiger partial charge in [-0.2, -0.15) is 25.3 Å². The number of rotatable bonds is 6. The van der Waals surface area contributed by atoms with Gasteiger partial charge >= 0.3 is 6.09 Å². The SMILES string of the molecule is Cc1cc(COC(=O)N(C(S)C(C)C)C(S)C(C)C)no1. The Morgan fingerprint density at radius 1 is 1.29 bits per heavy atom. The van der Waals surface area contributed by atoms with Crippen LogP contribution in [0.1, 0.15) is 39.1 Å². The average Bonchev–Trinajstić information content (AvgIpc) is 2.81. The summed E-state index contributed by atoms with van der Waals surface area (Å²) in [5.41, 5.74) is 0.585. The Kier molecular flexibility index (Phi) is 6.93. The van der Waals surface area contributed by atoms with E-state index in [4.69, 9.17) is 9.26 Å². The molecular weight excluding hydrogens is 308 g/mol. The van der Waals surface area contributed by atoms with Gasteiger partial charge in [0.05, 0.1) is 10.7 Å².